The molecule has 1 saturated heterocycles. The molecule has 0 saturated carbocycles. The molecular weight excluding hydrogens is 301 g/mol. The molecule has 22 heavy (non-hydrogen) atoms. The van der Waals surface area contributed by atoms with E-state index in [-0.39, 0.29) is 11.9 Å². The smallest absolute Gasteiger partial charge is 0.320 e. The lowest BCUT2D eigenvalue weighted by molar-refractivity contribution is -0.145. The van der Waals surface area contributed by atoms with E-state index in [1.807, 2.05) is 27.8 Å². The molecule has 2 atom stereocenters. The Bertz CT molecular complexity index is 644. The number of thiophene rings is 1. The van der Waals surface area contributed by atoms with Crippen molar-refractivity contribution in [3.05, 3.63) is 58.0 Å². The summed E-state index contributed by atoms with van der Waals surface area (Å²) in [5, 5.41) is 13.5. The zero-order valence-corrected chi connectivity index (χ0v) is 12.9. The summed E-state index contributed by atoms with van der Waals surface area (Å²) in [5.74, 6) is -1.09. The van der Waals surface area contributed by atoms with Crippen LogP contribution in [0, 0.1) is 5.82 Å². The van der Waals surface area contributed by atoms with Gasteiger partial charge < -0.3 is 5.11 Å². The monoisotopic (exact) mass is 319 g/mol. The summed E-state index contributed by atoms with van der Waals surface area (Å²) >= 11 is 1.57. The van der Waals surface area contributed by atoms with Crippen LogP contribution in [0.25, 0.3) is 0 Å². The minimum absolute atomic E-state index is 0.205. The number of likely N-dealkylation sites (tertiary alicyclic amines) is 1. The second-order valence-electron chi connectivity index (χ2n) is 5.60. The van der Waals surface area contributed by atoms with E-state index in [0.717, 1.165) is 24.0 Å². The van der Waals surface area contributed by atoms with Gasteiger partial charge >= 0.3 is 5.97 Å². The van der Waals surface area contributed by atoms with Crippen molar-refractivity contribution in [2.24, 2.45) is 0 Å². The Labute approximate surface area is 133 Å². The third kappa shape index (κ3) is 3.05. The molecule has 2 heterocycles. The highest BCUT2D eigenvalue weighted by atomic mass is 32.1. The van der Waals surface area contributed by atoms with E-state index >= 15 is 0 Å². The van der Waals surface area contributed by atoms with Crippen LogP contribution in [-0.2, 0) is 4.79 Å². The summed E-state index contributed by atoms with van der Waals surface area (Å²) in [7, 11) is 0. The maximum Gasteiger partial charge on any atom is 0.320 e. The number of carboxylic acid groups (broad SMARTS) is 1. The lowest BCUT2D eigenvalue weighted by Crippen LogP contribution is -2.46. The Morgan fingerprint density at radius 1 is 1.32 bits per heavy atom. The highest BCUT2D eigenvalue weighted by molar-refractivity contribution is 7.08. The van der Waals surface area contributed by atoms with Gasteiger partial charge in [0, 0.05) is 0 Å². The van der Waals surface area contributed by atoms with Crippen molar-refractivity contribution in [3.8, 4) is 0 Å². The first-order valence-corrected chi connectivity index (χ1v) is 8.37. The first-order chi connectivity index (χ1) is 10.7. The average molecular weight is 319 g/mol. The predicted octanol–water partition coefficient (Wildman–Crippen LogP) is 3.92. The molecule has 0 amide bonds. The van der Waals surface area contributed by atoms with Crippen LogP contribution in [-0.4, -0.2) is 28.6 Å². The Morgan fingerprint density at radius 3 is 2.86 bits per heavy atom. The predicted molar refractivity (Wildman–Crippen MR) is 84.5 cm³/mol. The summed E-state index contributed by atoms with van der Waals surface area (Å²) in [5.41, 5.74) is 1.84. The number of halogens is 1. The minimum Gasteiger partial charge on any atom is -0.480 e. The molecule has 0 aliphatic carbocycles. The van der Waals surface area contributed by atoms with Gasteiger partial charge in [-0.15, -0.1) is 0 Å². The van der Waals surface area contributed by atoms with Crippen LogP contribution < -0.4 is 0 Å². The van der Waals surface area contributed by atoms with Gasteiger partial charge in [-0.3, -0.25) is 9.69 Å². The molecule has 1 aromatic carbocycles. The quantitative estimate of drug-likeness (QED) is 0.928. The van der Waals surface area contributed by atoms with Gasteiger partial charge in [0.05, 0.1) is 6.04 Å². The number of benzene rings is 1. The van der Waals surface area contributed by atoms with Gasteiger partial charge in [-0.05, 0) is 59.5 Å². The van der Waals surface area contributed by atoms with Crippen molar-refractivity contribution in [1.29, 1.82) is 0 Å². The van der Waals surface area contributed by atoms with Gasteiger partial charge in [-0.2, -0.15) is 11.3 Å². The highest BCUT2D eigenvalue weighted by Crippen LogP contribution is 2.35. The van der Waals surface area contributed by atoms with E-state index < -0.39 is 12.0 Å². The number of piperidine rings is 1. The molecule has 2 aromatic rings. The fourth-order valence-electron chi connectivity index (χ4n) is 3.21. The van der Waals surface area contributed by atoms with Crippen LogP contribution in [0.1, 0.15) is 36.4 Å². The number of hydrogen-bond acceptors (Lipinski definition) is 3. The van der Waals surface area contributed by atoms with E-state index in [9.17, 15) is 14.3 Å². The average Bonchev–Trinajstić information content (AvgIpc) is 3.02. The number of aliphatic carboxylic acids is 1. The molecule has 1 fully saturated rings. The minimum atomic E-state index is -0.795. The third-order valence-electron chi connectivity index (χ3n) is 4.18. The number of rotatable bonds is 4. The molecule has 116 valence electrons. The van der Waals surface area contributed by atoms with E-state index in [1.165, 1.54) is 12.1 Å². The van der Waals surface area contributed by atoms with Crippen LogP contribution in [0.5, 0.6) is 0 Å². The molecule has 1 aliphatic rings. The number of nitrogens with zero attached hydrogens (tertiary/aromatic N) is 1. The van der Waals surface area contributed by atoms with Gasteiger partial charge in [0.1, 0.15) is 11.9 Å². The van der Waals surface area contributed by atoms with Crippen molar-refractivity contribution >= 4 is 17.3 Å². The second-order valence-corrected chi connectivity index (χ2v) is 6.38. The number of carboxylic acids is 1. The molecule has 2 unspecified atom stereocenters. The molecule has 5 heteroatoms. The van der Waals surface area contributed by atoms with Gasteiger partial charge in [0.25, 0.3) is 0 Å². The van der Waals surface area contributed by atoms with Crippen LogP contribution in [0.2, 0.25) is 0 Å². The first-order valence-electron chi connectivity index (χ1n) is 7.43. The molecule has 1 aliphatic heterocycles. The zero-order valence-electron chi connectivity index (χ0n) is 12.1. The molecular formula is C17H18FNO2S. The largest absolute Gasteiger partial charge is 0.480 e. The van der Waals surface area contributed by atoms with Gasteiger partial charge in [-0.1, -0.05) is 18.6 Å². The van der Waals surface area contributed by atoms with Crippen LogP contribution in [0.15, 0.2) is 41.1 Å². The Kier molecular flexibility index (Phi) is 4.55. The van der Waals surface area contributed by atoms with E-state index in [1.54, 1.807) is 17.4 Å². The third-order valence-corrected chi connectivity index (χ3v) is 4.89. The number of carbonyl (C=O) groups is 1. The summed E-state index contributed by atoms with van der Waals surface area (Å²) < 4.78 is 13.7. The summed E-state index contributed by atoms with van der Waals surface area (Å²) in [6, 6.07) is 7.76. The van der Waals surface area contributed by atoms with Crippen molar-refractivity contribution in [2.45, 2.75) is 31.3 Å². The molecule has 0 bridgehead atoms. The van der Waals surface area contributed by atoms with Crippen LogP contribution in [0.3, 0.4) is 0 Å². The van der Waals surface area contributed by atoms with Crippen molar-refractivity contribution in [3.63, 3.8) is 0 Å². The summed E-state index contributed by atoms with van der Waals surface area (Å²) in [4.78, 5) is 13.6. The standard InChI is InChI=1S/C17H18FNO2S/c18-14-5-3-4-12(10-14)16(13-7-9-22-11-13)19-8-2-1-6-15(19)17(20)21/h3-5,7,9-11,15-16H,1-2,6,8H2,(H,20,21). The summed E-state index contributed by atoms with van der Waals surface area (Å²) in [6.07, 6.45) is 2.54. The molecule has 0 radical (unpaired) electrons. The normalized spacial score (nSPS) is 20.7. The van der Waals surface area contributed by atoms with E-state index in [0.29, 0.717) is 13.0 Å². The Hall–Kier alpha value is -1.72. The van der Waals surface area contributed by atoms with Gasteiger partial charge in [0.2, 0.25) is 0 Å². The Morgan fingerprint density at radius 2 is 2.18 bits per heavy atom. The van der Waals surface area contributed by atoms with Crippen molar-refractivity contribution in [2.75, 3.05) is 6.54 Å². The lowest BCUT2D eigenvalue weighted by Gasteiger charge is -2.39. The maximum atomic E-state index is 13.7. The SMILES string of the molecule is O=C(O)C1CCCCN1C(c1ccsc1)c1cccc(F)c1. The Balaban J connectivity index is 2.03. The van der Waals surface area contributed by atoms with Gasteiger partial charge in [0.15, 0.2) is 0 Å². The molecule has 1 aromatic heterocycles. The first kappa shape index (κ1) is 15.2. The zero-order chi connectivity index (χ0) is 15.5. The van der Waals surface area contributed by atoms with Gasteiger partial charge in [-0.25, -0.2) is 4.39 Å². The van der Waals surface area contributed by atoms with E-state index in [2.05, 4.69) is 0 Å². The van der Waals surface area contributed by atoms with Crippen LogP contribution >= 0.6 is 11.3 Å². The second kappa shape index (κ2) is 6.58. The fraction of sp³-hybridized carbons (Fsp3) is 0.353. The topological polar surface area (TPSA) is 40.5 Å². The molecule has 0 spiro atoms. The lowest BCUT2D eigenvalue weighted by atomic mass is 9.93. The van der Waals surface area contributed by atoms with Crippen LogP contribution in [0.4, 0.5) is 4.39 Å². The van der Waals surface area contributed by atoms with E-state index in [4.69, 9.17) is 0 Å². The van der Waals surface area contributed by atoms with Crippen molar-refractivity contribution < 1.29 is 14.3 Å². The molecule has 1 N–H and O–H groups in total. The molecule has 3 nitrogen and oxygen atoms in total. The number of hydrogen-bond donors (Lipinski definition) is 1. The highest BCUT2D eigenvalue weighted by Gasteiger charge is 2.35. The fourth-order valence-corrected chi connectivity index (χ4v) is 3.89. The molecule has 3 rings (SSSR count). The summed E-state index contributed by atoms with van der Waals surface area (Å²) in [6.45, 7) is 0.716. The van der Waals surface area contributed by atoms with Crippen molar-refractivity contribution in [1.82, 2.24) is 4.90 Å². The maximum absolute atomic E-state index is 13.7.